The molecule has 0 amide bonds. The molecular weight excluding hydrogens is 212 g/mol. The van der Waals surface area contributed by atoms with E-state index in [1.807, 2.05) is 0 Å². The molecule has 5 aliphatic rings. The first-order valence-electron chi connectivity index (χ1n) is 7.34. The quantitative estimate of drug-likeness (QED) is 0.650. The van der Waals surface area contributed by atoms with Gasteiger partial charge < -0.3 is 0 Å². The van der Waals surface area contributed by atoms with Crippen molar-refractivity contribution in [2.75, 3.05) is 5.75 Å². The first-order chi connectivity index (χ1) is 7.73. The third kappa shape index (κ3) is 0.751. The summed E-state index contributed by atoms with van der Waals surface area (Å²) in [6.07, 6.45) is 14.2. The second-order valence-electron chi connectivity index (χ2n) is 7.79. The number of thiol groups is 1. The van der Waals surface area contributed by atoms with E-state index in [1.54, 1.807) is 57.8 Å². The highest BCUT2D eigenvalue weighted by Gasteiger charge is 2.84. The predicted octanol–water partition coefficient (Wildman–Crippen LogP) is 4.06. The first-order valence-corrected chi connectivity index (χ1v) is 7.97. The van der Waals surface area contributed by atoms with E-state index >= 15 is 0 Å². The summed E-state index contributed by atoms with van der Waals surface area (Å²) in [5.41, 5.74) is 3.36. The van der Waals surface area contributed by atoms with Crippen LogP contribution in [0, 0.1) is 27.6 Å². The van der Waals surface area contributed by atoms with E-state index < -0.39 is 0 Å². The zero-order valence-corrected chi connectivity index (χ0v) is 11.0. The maximum atomic E-state index is 4.75. The van der Waals surface area contributed by atoms with Gasteiger partial charge in [-0.15, -0.1) is 0 Å². The maximum Gasteiger partial charge on any atom is -0.00587 e. The Bertz CT molecular complexity index is 367. The van der Waals surface area contributed by atoms with Crippen molar-refractivity contribution in [1.82, 2.24) is 0 Å². The van der Waals surface area contributed by atoms with Gasteiger partial charge in [-0.1, -0.05) is 0 Å². The van der Waals surface area contributed by atoms with Gasteiger partial charge in [0, 0.05) is 0 Å². The van der Waals surface area contributed by atoms with Crippen LogP contribution in [0.25, 0.3) is 0 Å². The van der Waals surface area contributed by atoms with Gasteiger partial charge >= 0.3 is 0 Å². The fraction of sp³-hybridized carbons (Fsp3) is 1.00. The molecule has 0 heterocycles. The lowest BCUT2D eigenvalue weighted by molar-refractivity contribution is -0.0193. The van der Waals surface area contributed by atoms with Crippen LogP contribution in [0.5, 0.6) is 0 Å². The van der Waals surface area contributed by atoms with Crippen LogP contribution < -0.4 is 0 Å². The minimum absolute atomic E-state index is 0.808. The Balaban J connectivity index is 1.66. The van der Waals surface area contributed by atoms with Crippen LogP contribution in [-0.2, 0) is 0 Å². The summed E-state index contributed by atoms with van der Waals surface area (Å²) < 4.78 is 0. The van der Waals surface area contributed by atoms with Crippen molar-refractivity contribution in [1.29, 1.82) is 0 Å². The van der Waals surface area contributed by atoms with Gasteiger partial charge in [0.15, 0.2) is 0 Å². The summed E-state index contributed by atoms with van der Waals surface area (Å²) >= 11 is 4.75. The van der Waals surface area contributed by atoms with E-state index in [9.17, 15) is 0 Å². The topological polar surface area (TPSA) is 0 Å². The molecule has 0 aliphatic heterocycles. The number of fused-ring (bicyclic) bond motifs is 2. The Morgan fingerprint density at radius 3 is 1.94 bits per heavy atom. The smallest absolute Gasteiger partial charge is 0.00587 e. The largest absolute Gasteiger partial charge is 0.179 e. The normalized spacial score (nSPS) is 45.2. The fourth-order valence-electron chi connectivity index (χ4n) is 6.39. The monoisotopic (exact) mass is 234 g/mol. The molecule has 4 spiro atoms. The summed E-state index contributed by atoms with van der Waals surface area (Å²) in [7, 11) is 0. The minimum atomic E-state index is 0.808. The van der Waals surface area contributed by atoms with Gasteiger partial charge in [-0.05, 0) is 91.1 Å². The average molecular weight is 234 g/mol. The second-order valence-corrected chi connectivity index (χ2v) is 8.16. The van der Waals surface area contributed by atoms with E-state index in [0.717, 1.165) is 27.6 Å². The van der Waals surface area contributed by atoms with Crippen LogP contribution in [0.1, 0.15) is 57.8 Å². The molecule has 5 fully saturated rings. The van der Waals surface area contributed by atoms with Gasteiger partial charge in [0.1, 0.15) is 0 Å². The Morgan fingerprint density at radius 1 is 0.875 bits per heavy atom. The van der Waals surface area contributed by atoms with E-state index in [1.165, 1.54) is 5.75 Å². The van der Waals surface area contributed by atoms with Crippen LogP contribution in [0.4, 0.5) is 0 Å². The lowest BCUT2D eigenvalue weighted by atomic mass is 9.54. The van der Waals surface area contributed by atoms with Crippen LogP contribution in [0.2, 0.25) is 0 Å². The molecule has 1 unspecified atom stereocenters. The summed E-state index contributed by atoms with van der Waals surface area (Å²) in [4.78, 5) is 0. The van der Waals surface area contributed by atoms with Crippen LogP contribution in [0.3, 0.4) is 0 Å². The van der Waals surface area contributed by atoms with Crippen molar-refractivity contribution in [2.45, 2.75) is 57.8 Å². The van der Waals surface area contributed by atoms with Crippen molar-refractivity contribution in [2.24, 2.45) is 27.6 Å². The van der Waals surface area contributed by atoms with Crippen molar-refractivity contribution < 1.29 is 0 Å². The van der Waals surface area contributed by atoms with Gasteiger partial charge in [-0.3, -0.25) is 0 Å². The molecule has 88 valence electrons. The highest BCUT2D eigenvalue weighted by molar-refractivity contribution is 7.80. The van der Waals surface area contributed by atoms with Crippen molar-refractivity contribution in [3.63, 3.8) is 0 Å². The van der Waals surface area contributed by atoms with Gasteiger partial charge in [0.2, 0.25) is 0 Å². The van der Waals surface area contributed by atoms with Crippen molar-refractivity contribution in [3.8, 4) is 0 Å². The molecule has 0 radical (unpaired) electrons. The SMILES string of the molecule is SCC1C2(CC2)CC2(CC2)C2(CC2)C12CC2. The molecule has 0 nitrogen and oxygen atoms in total. The molecule has 0 aromatic carbocycles. The Labute approximate surface area is 104 Å². The molecule has 0 saturated heterocycles. The van der Waals surface area contributed by atoms with E-state index in [2.05, 4.69) is 0 Å². The molecule has 1 heteroatoms. The molecule has 16 heavy (non-hydrogen) atoms. The lowest BCUT2D eigenvalue weighted by Gasteiger charge is -2.51. The second kappa shape index (κ2) is 2.27. The highest BCUT2D eigenvalue weighted by Crippen LogP contribution is 2.92. The molecule has 0 bridgehead atoms. The van der Waals surface area contributed by atoms with E-state index in [-0.39, 0.29) is 0 Å². The summed E-state index contributed by atoms with van der Waals surface area (Å²) in [5.74, 6) is 2.20. The Kier molecular flexibility index (Phi) is 1.32. The van der Waals surface area contributed by atoms with Crippen LogP contribution in [0.15, 0.2) is 0 Å². The van der Waals surface area contributed by atoms with Gasteiger partial charge in [-0.25, -0.2) is 0 Å². The Hall–Kier alpha value is 0.350. The number of rotatable bonds is 1. The minimum Gasteiger partial charge on any atom is -0.179 e. The molecule has 5 rings (SSSR count). The standard InChI is InChI=1S/C15H22S/c16-9-11-12(1-2-12)10-13(3-4-13)15(7-8-15)14(11)5-6-14/h11,16H,1-10H2. The van der Waals surface area contributed by atoms with Gasteiger partial charge in [-0.2, -0.15) is 12.6 Å². The van der Waals surface area contributed by atoms with E-state index in [4.69, 9.17) is 12.6 Å². The maximum absolute atomic E-state index is 4.75. The van der Waals surface area contributed by atoms with Gasteiger partial charge in [0.25, 0.3) is 0 Å². The Morgan fingerprint density at radius 2 is 1.56 bits per heavy atom. The molecule has 0 N–H and O–H groups in total. The molecule has 0 aromatic rings. The molecule has 5 saturated carbocycles. The first kappa shape index (κ1) is 9.30. The van der Waals surface area contributed by atoms with Gasteiger partial charge in [0.05, 0.1) is 0 Å². The molecule has 1 atom stereocenters. The highest BCUT2D eigenvalue weighted by atomic mass is 32.1. The number of hydrogen-bond acceptors (Lipinski definition) is 1. The van der Waals surface area contributed by atoms with Crippen molar-refractivity contribution >= 4 is 12.6 Å². The van der Waals surface area contributed by atoms with Crippen LogP contribution >= 0.6 is 12.6 Å². The molecular formula is C15H22S. The predicted molar refractivity (Wildman–Crippen MR) is 68.6 cm³/mol. The number of hydrogen-bond donors (Lipinski definition) is 1. The fourth-order valence-corrected chi connectivity index (χ4v) is 7.13. The third-order valence-electron chi connectivity index (χ3n) is 7.53. The average Bonchev–Trinajstić information content (AvgIpc) is 3.08. The van der Waals surface area contributed by atoms with E-state index in [0.29, 0.717) is 0 Å². The zero-order valence-electron chi connectivity index (χ0n) is 10.1. The summed E-state index contributed by atoms with van der Waals surface area (Å²) in [6.45, 7) is 0. The van der Waals surface area contributed by atoms with Crippen molar-refractivity contribution in [3.05, 3.63) is 0 Å². The summed E-state index contributed by atoms with van der Waals surface area (Å²) in [6, 6.07) is 0. The molecule has 0 aromatic heterocycles. The third-order valence-corrected chi connectivity index (χ3v) is 7.90. The van der Waals surface area contributed by atoms with Crippen LogP contribution in [-0.4, -0.2) is 5.75 Å². The molecule has 5 aliphatic carbocycles. The summed E-state index contributed by atoms with van der Waals surface area (Å²) in [5, 5.41) is 0. The zero-order chi connectivity index (χ0) is 10.6. The lowest BCUT2D eigenvalue weighted by Crippen LogP contribution is -2.46.